The first-order chi connectivity index (χ1) is 12.7. The van der Waals surface area contributed by atoms with Gasteiger partial charge in [-0.1, -0.05) is 74.2 Å². The van der Waals surface area contributed by atoms with Gasteiger partial charge in [0.1, 0.15) is 0 Å². The van der Waals surface area contributed by atoms with Crippen LogP contribution in [0.1, 0.15) is 33.1 Å². The monoisotopic (exact) mass is 375 g/mol. The van der Waals surface area contributed by atoms with Gasteiger partial charge >= 0.3 is 6.18 Å². The summed E-state index contributed by atoms with van der Waals surface area (Å²) in [4.78, 5) is 0. The molecular weight excluding hydrogens is 347 g/mol. The van der Waals surface area contributed by atoms with Crippen LogP contribution in [0.25, 0.3) is 12.2 Å². The standard InChI is InChI=1S/C23H28F3N/c1-4-9-19-10-5-6-11-20(19)16-18(2)27-15-8-14-22(3)13-7-12-21(17-22)23(24,25)26/h4-7,9-12,16-18,27H,1,8,13-15H2,2-3H3/b19-9-,20-16+/t18-,22?/m1/s1. The van der Waals surface area contributed by atoms with Crippen LogP contribution in [0.15, 0.2) is 60.7 Å². The highest BCUT2D eigenvalue weighted by Gasteiger charge is 2.36. The second-order valence-electron chi connectivity index (χ2n) is 7.40. The summed E-state index contributed by atoms with van der Waals surface area (Å²) in [6.07, 6.45) is 8.05. The molecule has 27 heavy (non-hydrogen) atoms. The number of alkyl halides is 3. The van der Waals surface area contributed by atoms with E-state index in [0.717, 1.165) is 29.8 Å². The van der Waals surface area contributed by atoms with Gasteiger partial charge in [0.25, 0.3) is 0 Å². The summed E-state index contributed by atoms with van der Waals surface area (Å²) in [6, 6.07) is 8.27. The van der Waals surface area contributed by atoms with E-state index in [4.69, 9.17) is 0 Å². The Hall–Kier alpha value is -2.07. The van der Waals surface area contributed by atoms with Gasteiger partial charge in [-0.2, -0.15) is 13.2 Å². The molecule has 4 heteroatoms. The minimum atomic E-state index is -4.27. The molecule has 0 saturated heterocycles. The second kappa shape index (κ2) is 9.23. The lowest BCUT2D eigenvalue weighted by Gasteiger charge is -2.29. The van der Waals surface area contributed by atoms with Crippen LogP contribution >= 0.6 is 0 Å². The predicted molar refractivity (Wildman–Crippen MR) is 108 cm³/mol. The maximum absolute atomic E-state index is 12.9. The van der Waals surface area contributed by atoms with Crippen LogP contribution in [-0.2, 0) is 0 Å². The molecule has 1 aromatic carbocycles. The summed E-state index contributed by atoms with van der Waals surface area (Å²) in [5, 5.41) is 5.70. The van der Waals surface area contributed by atoms with Crippen molar-refractivity contribution < 1.29 is 13.2 Å². The molecule has 1 aliphatic rings. The summed E-state index contributed by atoms with van der Waals surface area (Å²) < 4.78 is 38.8. The predicted octanol–water partition coefficient (Wildman–Crippen LogP) is 4.65. The fraction of sp³-hybridized carbons (Fsp3) is 0.391. The smallest absolute Gasteiger partial charge is 0.311 e. The van der Waals surface area contributed by atoms with Crippen molar-refractivity contribution in [2.24, 2.45) is 5.41 Å². The fourth-order valence-corrected chi connectivity index (χ4v) is 3.38. The van der Waals surface area contributed by atoms with Crippen molar-refractivity contribution in [2.75, 3.05) is 6.54 Å². The Labute approximate surface area is 159 Å². The summed E-state index contributed by atoms with van der Waals surface area (Å²) in [5.41, 5.74) is -0.958. The maximum Gasteiger partial charge on any atom is 0.416 e. The highest BCUT2D eigenvalue weighted by atomic mass is 19.4. The van der Waals surface area contributed by atoms with Crippen LogP contribution in [0, 0.1) is 5.41 Å². The van der Waals surface area contributed by atoms with E-state index in [1.165, 1.54) is 12.2 Å². The van der Waals surface area contributed by atoms with Gasteiger partial charge in [-0.15, -0.1) is 0 Å². The van der Waals surface area contributed by atoms with Crippen molar-refractivity contribution in [1.29, 1.82) is 0 Å². The normalized spacial score (nSPS) is 22.6. The molecule has 0 spiro atoms. The van der Waals surface area contributed by atoms with Gasteiger partial charge < -0.3 is 5.32 Å². The SMILES string of the molecule is C=C/C=c1/cccc/c1=C\[C@@H](C)NCCCC1(C)C=C(C(F)(F)F)C=CC1. The van der Waals surface area contributed by atoms with Crippen molar-refractivity contribution >= 4 is 12.2 Å². The quantitative estimate of drug-likeness (QED) is 0.684. The molecule has 0 aliphatic heterocycles. The molecule has 0 amide bonds. The number of benzene rings is 1. The zero-order valence-corrected chi connectivity index (χ0v) is 16.0. The minimum Gasteiger partial charge on any atom is -0.311 e. The lowest BCUT2D eigenvalue weighted by Crippen LogP contribution is -2.32. The van der Waals surface area contributed by atoms with E-state index in [1.54, 1.807) is 12.2 Å². The first kappa shape index (κ1) is 21.2. The van der Waals surface area contributed by atoms with Crippen LogP contribution in [0.2, 0.25) is 0 Å². The molecule has 0 aromatic heterocycles. The van der Waals surface area contributed by atoms with Gasteiger partial charge in [0.05, 0.1) is 5.57 Å². The van der Waals surface area contributed by atoms with Crippen LogP contribution in [0.5, 0.6) is 0 Å². The van der Waals surface area contributed by atoms with E-state index in [2.05, 4.69) is 31.0 Å². The lowest BCUT2D eigenvalue weighted by molar-refractivity contribution is -0.0894. The first-order valence-electron chi connectivity index (χ1n) is 9.33. The molecule has 2 atom stereocenters. The molecule has 2 rings (SSSR count). The van der Waals surface area contributed by atoms with Gasteiger partial charge in [0, 0.05) is 6.04 Å². The van der Waals surface area contributed by atoms with E-state index in [-0.39, 0.29) is 6.04 Å². The highest BCUT2D eigenvalue weighted by Crippen LogP contribution is 2.39. The topological polar surface area (TPSA) is 12.0 Å². The van der Waals surface area contributed by atoms with Crippen LogP contribution in [-0.4, -0.2) is 18.8 Å². The van der Waals surface area contributed by atoms with E-state index in [9.17, 15) is 13.2 Å². The molecule has 0 radical (unpaired) electrons. The Morgan fingerprint density at radius 1 is 1.26 bits per heavy atom. The van der Waals surface area contributed by atoms with E-state index < -0.39 is 17.2 Å². The molecule has 0 saturated carbocycles. The van der Waals surface area contributed by atoms with Crippen molar-refractivity contribution in [3.8, 4) is 0 Å². The van der Waals surface area contributed by atoms with E-state index in [0.29, 0.717) is 6.42 Å². The zero-order chi connectivity index (χ0) is 19.9. The van der Waals surface area contributed by atoms with Crippen LogP contribution in [0.3, 0.4) is 0 Å². The average molecular weight is 375 g/mol. The van der Waals surface area contributed by atoms with Gasteiger partial charge in [0.15, 0.2) is 0 Å². The number of hydrogen-bond acceptors (Lipinski definition) is 1. The third kappa shape index (κ3) is 6.55. The highest BCUT2D eigenvalue weighted by molar-refractivity contribution is 5.40. The van der Waals surface area contributed by atoms with E-state index in [1.807, 2.05) is 31.2 Å². The number of halogens is 3. The Morgan fingerprint density at radius 3 is 2.63 bits per heavy atom. The first-order valence-corrected chi connectivity index (χ1v) is 9.33. The van der Waals surface area contributed by atoms with Crippen molar-refractivity contribution in [2.45, 2.75) is 45.3 Å². The Kier molecular flexibility index (Phi) is 7.25. The van der Waals surface area contributed by atoms with Gasteiger partial charge in [-0.25, -0.2) is 0 Å². The molecule has 0 bridgehead atoms. The summed E-state index contributed by atoms with van der Waals surface area (Å²) >= 11 is 0. The average Bonchev–Trinajstić information content (AvgIpc) is 2.60. The zero-order valence-electron chi connectivity index (χ0n) is 16.0. The van der Waals surface area contributed by atoms with Crippen molar-refractivity contribution in [3.05, 3.63) is 71.2 Å². The lowest BCUT2D eigenvalue weighted by atomic mass is 9.77. The number of rotatable bonds is 7. The number of allylic oxidation sites excluding steroid dienone is 5. The second-order valence-corrected chi connectivity index (χ2v) is 7.40. The molecule has 1 nitrogen and oxygen atoms in total. The summed E-state index contributed by atoms with van der Waals surface area (Å²) in [7, 11) is 0. The van der Waals surface area contributed by atoms with Gasteiger partial charge in [-0.05, 0) is 48.6 Å². The molecule has 1 unspecified atom stereocenters. The third-order valence-electron chi connectivity index (χ3n) is 4.83. The molecule has 0 fully saturated rings. The summed E-state index contributed by atoms with van der Waals surface area (Å²) in [5.74, 6) is 0. The molecule has 146 valence electrons. The molecule has 1 aromatic rings. The minimum absolute atomic E-state index is 0.171. The van der Waals surface area contributed by atoms with Crippen LogP contribution < -0.4 is 15.8 Å². The largest absolute Gasteiger partial charge is 0.416 e. The maximum atomic E-state index is 12.9. The van der Waals surface area contributed by atoms with Gasteiger partial charge in [-0.3, -0.25) is 0 Å². The molecule has 1 N–H and O–H groups in total. The van der Waals surface area contributed by atoms with Crippen molar-refractivity contribution in [1.82, 2.24) is 5.32 Å². The number of hydrogen-bond donors (Lipinski definition) is 1. The number of nitrogens with one attached hydrogen (secondary N) is 1. The van der Waals surface area contributed by atoms with Gasteiger partial charge in [0.2, 0.25) is 0 Å². The fourth-order valence-electron chi connectivity index (χ4n) is 3.38. The third-order valence-corrected chi connectivity index (χ3v) is 4.83. The molecule has 1 aliphatic carbocycles. The van der Waals surface area contributed by atoms with E-state index >= 15 is 0 Å². The van der Waals surface area contributed by atoms with Crippen molar-refractivity contribution in [3.63, 3.8) is 0 Å². The Balaban J connectivity index is 1.91. The van der Waals surface area contributed by atoms with Crippen LogP contribution in [0.4, 0.5) is 13.2 Å². The summed E-state index contributed by atoms with van der Waals surface area (Å²) in [6.45, 7) is 8.49. The Morgan fingerprint density at radius 2 is 1.96 bits per heavy atom. The molecular formula is C23H28F3N. The molecule has 0 heterocycles. The Bertz CT molecular complexity index is 817.